The summed E-state index contributed by atoms with van der Waals surface area (Å²) in [5.74, 6) is 1.69. The molecule has 2 aromatic carbocycles. The van der Waals surface area contributed by atoms with Crippen LogP contribution in [-0.2, 0) is 6.54 Å². The maximum Gasteiger partial charge on any atom is 0.226 e. The fraction of sp³-hybridized carbons (Fsp3) is 0.370. The van der Waals surface area contributed by atoms with Crippen LogP contribution in [0.1, 0.15) is 37.1 Å². The highest BCUT2D eigenvalue weighted by atomic mass is 16.5. The van der Waals surface area contributed by atoms with Crippen molar-refractivity contribution in [2.24, 2.45) is 0 Å². The van der Waals surface area contributed by atoms with Crippen molar-refractivity contribution < 1.29 is 4.74 Å². The maximum absolute atomic E-state index is 5.65. The summed E-state index contributed by atoms with van der Waals surface area (Å²) in [6.45, 7) is 7.38. The number of ether oxygens (including phenoxy) is 1. The molecule has 2 aromatic heterocycles. The van der Waals surface area contributed by atoms with Gasteiger partial charge in [-0.25, -0.2) is 9.97 Å². The normalized spacial score (nSPS) is 15.5. The van der Waals surface area contributed by atoms with E-state index in [0.717, 1.165) is 60.8 Å². The molecule has 176 valence electrons. The number of nitrogens with zero attached hydrogens (tertiary/aromatic N) is 5. The smallest absolute Gasteiger partial charge is 0.226 e. The molecular weight excluding hydrogens is 424 g/mol. The van der Waals surface area contributed by atoms with Crippen molar-refractivity contribution >= 4 is 16.9 Å². The van der Waals surface area contributed by atoms with E-state index in [2.05, 4.69) is 52.6 Å². The van der Waals surface area contributed by atoms with Gasteiger partial charge in [0.2, 0.25) is 5.95 Å². The van der Waals surface area contributed by atoms with Gasteiger partial charge in [0.05, 0.1) is 30.4 Å². The summed E-state index contributed by atoms with van der Waals surface area (Å²) in [6.07, 6.45) is 5.96. The summed E-state index contributed by atoms with van der Waals surface area (Å²) >= 11 is 0. The Hall–Kier alpha value is -3.45. The van der Waals surface area contributed by atoms with Gasteiger partial charge in [-0.15, -0.1) is 0 Å². The maximum atomic E-state index is 5.65. The number of anilines is 1. The summed E-state index contributed by atoms with van der Waals surface area (Å²) in [5.41, 5.74) is 3.25. The van der Waals surface area contributed by atoms with Crippen molar-refractivity contribution in [2.45, 2.75) is 45.3 Å². The lowest BCUT2D eigenvalue weighted by Gasteiger charge is -2.35. The molecule has 0 radical (unpaired) electrons. The highest BCUT2D eigenvalue weighted by Crippen LogP contribution is 2.26. The molecule has 1 fully saturated rings. The number of hydrogen-bond acceptors (Lipinski definition) is 6. The first-order chi connectivity index (χ1) is 16.7. The molecule has 5 rings (SSSR count). The Morgan fingerprint density at radius 2 is 1.88 bits per heavy atom. The highest BCUT2D eigenvalue weighted by Gasteiger charge is 2.24. The van der Waals surface area contributed by atoms with Crippen LogP contribution in [0, 0.1) is 6.92 Å². The third-order valence-electron chi connectivity index (χ3n) is 6.50. The monoisotopic (exact) mass is 456 g/mol. The van der Waals surface area contributed by atoms with Crippen LogP contribution in [0.2, 0.25) is 0 Å². The van der Waals surface area contributed by atoms with Crippen LogP contribution in [0.5, 0.6) is 5.75 Å². The average molecular weight is 457 g/mol. The molecule has 1 atom stereocenters. The standard InChI is InChI=1S/C27H32N6O/c1-3-34-23-10-11-25-24(18-23)20(2)29-27(31-25)32-16-12-22(13-17-32)30-26(19-33-15-7-14-28-33)21-8-5-4-6-9-21/h4-11,14-15,18,22,26,30H,3,12-13,16-17,19H2,1-2H3. The van der Waals surface area contributed by atoms with Crippen LogP contribution in [0.3, 0.4) is 0 Å². The van der Waals surface area contributed by atoms with Gasteiger partial charge in [0.15, 0.2) is 0 Å². The minimum Gasteiger partial charge on any atom is -0.494 e. The SMILES string of the molecule is CCOc1ccc2nc(N3CCC(NC(Cn4cccn4)c4ccccc4)CC3)nc(C)c2c1. The predicted octanol–water partition coefficient (Wildman–Crippen LogP) is 4.53. The van der Waals surface area contributed by atoms with E-state index in [9.17, 15) is 0 Å². The fourth-order valence-corrected chi connectivity index (χ4v) is 4.71. The molecule has 0 spiro atoms. The summed E-state index contributed by atoms with van der Waals surface area (Å²) in [7, 11) is 0. The molecule has 1 unspecified atom stereocenters. The summed E-state index contributed by atoms with van der Waals surface area (Å²) in [5, 5.41) is 9.37. The minimum atomic E-state index is 0.219. The van der Waals surface area contributed by atoms with E-state index in [1.165, 1.54) is 5.56 Å². The number of benzene rings is 2. The molecule has 7 heteroatoms. The molecule has 1 aliphatic rings. The molecule has 4 aromatic rings. The van der Waals surface area contributed by atoms with Crippen LogP contribution in [0.4, 0.5) is 5.95 Å². The van der Waals surface area contributed by atoms with E-state index >= 15 is 0 Å². The lowest BCUT2D eigenvalue weighted by atomic mass is 10.0. The molecule has 0 bridgehead atoms. The van der Waals surface area contributed by atoms with Crippen LogP contribution in [0.15, 0.2) is 67.0 Å². The first kappa shape index (κ1) is 22.3. The Morgan fingerprint density at radius 3 is 2.62 bits per heavy atom. The topological polar surface area (TPSA) is 68.1 Å². The van der Waals surface area contributed by atoms with Crippen molar-refractivity contribution in [1.82, 2.24) is 25.1 Å². The Bertz CT molecular complexity index is 1200. The first-order valence-corrected chi connectivity index (χ1v) is 12.1. The number of piperidine rings is 1. The zero-order chi connectivity index (χ0) is 23.3. The number of rotatable bonds is 8. The van der Waals surface area contributed by atoms with Gasteiger partial charge in [0.25, 0.3) is 0 Å². The second-order valence-corrected chi connectivity index (χ2v) is 8.84. The lowest BCUT2D eigenvalue weighted by molar-refractivity contribution is 0.338. The van der Waals surface area contributed by atoms with Crippen LogP contribution >= 0.6 is 0 Å². The average Bonchev–Trinajstić information content (AvgIpc) is 3.38. The van der Waals surface area contributed by atoms with Gasteiger partial charge in [-0.2, -0.15) is 5.10 Å². The van der Waals surface area contributed by atoms with E-state index in [1.807, 2.05) is 48.3 Å². The van der Waals surface area contributed by atoms with Gasteiger partial charge in [0.1, 0.15) is 5.75 Å². The van der Waals surface area contributed by atoms with E-state index < -0.39 is 0 Å². The summed E-state index contributed by atoms with van der Waals surface area (Å²) in [6, 6.07) is 19.4. The number of fused-ring (bicyclic) bond motifs is 1. The largest absolute Gasteiger partial charge is 0.494 e. The van der Waals surface area contributed by atoms with E-state index in [4.69, 9.17) is 14.7 Å². The van der Waals surface area contributed by atoms with Crippen molar-refractivity contribution in [2.75, 3.05) is 24.6 Å². The molecule has 0 aliphatic carbocycles. The van der Waals surface area contributed by atoms with Crippen LogP contribution in [-0.4, -0.2) is 45.5 Å². The fourth-order valence-electron chi connectivity index (χ4n) is 4.71. The predicted molar refractivity (Wildman–Crippen MR) is 135 cm³/mol. The molecule has 0 amide bonds. The molecule has 1 saturated heterocycles. The quantitative estimate of drug-likeness (QED) is 0.420. The summed E-state index contributed by atoms with van der Waals surface area (Å²) < 4.78 is 7.65. The third kappa shape index (κ3) is 5.04. The van der Waals surface area contributed by atoms with Crippen LogP contribution in [0.25, 0.3) is 10.9 Å². The second kappa shape index (κ2) is 10.2. The molecule has 7 nitrogen and oxygen atoms in total. The first-order valence-electron chi connectivity index (χ1n) is 12.1. The zero-order valence-corrected chi connectivity index (χ0v) is 19.9. The number of nitrogens with one attached hydrogen (secondary N) is 1. The molecule has 3 heterocycles. The minimum absolute atomic E-state index is 0.219. The second-order valence-electron chi connectivity index (χ2n) is 8.84. The summed E-state index contributed by atoms with van der Waals surface area (Å²) in [4.78, 5) is 12.0. The number of aryl methyl sites for hydroxylation is 1. The number of aromatic nitrogens is 4. The molecule has 1 aliphatic heterocycles. The Morgan fingerprint density at radius 1 is 1.06 bits per heavy atom. The Balaban J connectivity index is 1.26. The van der Waals surface area contributed by atoms with E-state index in [1.54, 1.807) is 0 Å². The molecule has 1 N–H and O–H groups in total. The van der Waals surface area contributed by atoms with Crippen molar-refractivity contribution in [3.8, 4) is 5.75 Å². The Labute approximate surface area is 200 Å². The highest BCUT2D eigenvalue weighted by molar-refractivity contribution is 5.83. The number of hydrogen-bond donors (Lipinski definition) is 1. The molecule has 34 heavy (non-hydrogen) atoms. The lowest BCUT2D eigenvalue weighted by Crippen LogP contribution is -2.45. The third-order valence-corrected chi connectivity index (χ3v) is 6.50. The van der Waals surface area contributed by atoms with Gasteiger partial charge in [0, 0.05) is 36.9 Å². The van der Waals surface area contributed by atoms with Gasteiger partial charge >= 0.3 is 0 Å². The van der Waals surface area contributed by atoms with Gasteiger partial charge in [-0.1, -0.05) is 30.3 Å². The molecule has 0 saturated carbocycles. The zero-order valence-electron chi connectivity index (χ0n) is 19.9. The van der Waals surface area contributed by atoms with Gasteiger partial charge < -0.3 is 15.0 Å². The van der Waals surface area contributed by atoms with Gasteiger partial charge in [-0.3, -0.25) is 4.68 Å². The van der Waals surface area contributed by atoms with Gasteiger partial charge in [-0.05, 0) is 56.5 Å². The van der Waals surface area contributed by atoms with Crippen molar-refractivity contribution in [1.29, 1.82) is 0 Å². The van der Waals surface area contributed by atoms with Crippen molar-refractivity contribution in [3.05, 3.63) is 78.2 Å². The van der Waals surface area contributed by atoms with E-state index in [0.29, 0.717) is 12.6 Å². The van der Waals surface area contributed by atoms with Crippen LogP contribution < -0.4 is 15.0 Å². The van der Waals surface area contributed by atoms with E-state index in [-0.39, 0.29) is 6.04 Å². The van der Waals surface area contributed by atoms with Crippen molar-refractivity contribution in [3.63, 3.8) is 0 Å². The molecular formula is C27H32N6O. The Kier molecular flexibility index (Phi) is 6.72.